The van der Waals surface area contributed by atoms with Crippen LogP contribution in [0.15, 0.2) is 65.0 Å². The number of hydrogen-bond acceptors (Lipinski definition) is 6. The van der Waals surface area contributed by atoms with Gasteiger partial charge in [-0.3, -0.25) is 4.72 Å². The molecule has 2 aromatic heterocycles. The van der Waals surface area contributed by atoms with Gasteiger partial charge in [-0.05, 0) is 43.3 Å². The molecule has 7 nitrogen and oxygen atoms in total. The summed E-state index contributed by atoms with van der Waals surface area (Å²) in [6, 6.07) is 9.53. The van der Waals surface area contributed by atoms with Crippen molar-refractivity contribution in [3.05, 3.63) is 77.2 Å². The molecule has 0 saturated carbocycles. The Balaban J connectivity index is 1.63. The Hall–Kier alpha value is -3.45. The summed E-state index contributed by atoms with van der Waals surface area (Å²) in [5.74, 6) is -0.756. The highest BCUT2D eigenvalue weighted by Gasteiger charge is 2.30. The SMILES string of the molecule is Cc1cc(Nc2ccc(S(=O)(=O)Nc3nccs3)c(F)c2)n(-c2cccc(C(F)(F)F)c2)n1. The lowest BCUT2D eigenvalue weighted by molar-refractivity contribution is -0.137. The van der Waals surface area contributed by atoms with Gasteiger partial charge in [0.25, 0.3) is 10.0 Å². The van der Waals surface area contributed by atoms with Crippen LogP contribution in [0.2, 0.25) is 0 Å². The molecule has 0 bridgehead atoms. The minimum atomic E-state index is -4.52. The summed E-state index contributed by atoms with van der Waals surface area (Å²) in [5.41, 5.74) is -0.0174. The molecule has 33 heavy (non-hydrogen) atoms. The van der Waals surface area contributed by atoms with Crippen LogP contribution >= 0.6 is 11.3 Å². The largest absolute Gasteiger partial charge is 0.416 e. The van der Waals surface area contributed by atoms with Crippen molar-refractivity contribution in [2.24, 2.45) is 0 Å². The maximum absolute atomic E-state index is 14.7. The number of nitrogens with zero attached hydrogens (tertiary/aromatic N) is 3. The molecule has 0 aliphatic rings. The van der Waals surface area contributed by atoms with E-state index in [1.807, 2.05) is 0 Å². The summed E-state index contributed by atoms with van der Waals surface area (Å²) < 4.78 is 82.2. The second-order valence-corrected chi connectivity index (χ2v) is 9.39. The molecular weight excluding hydrogens is 482 g/mol. The Bertz CT molecular complexity index is 1400. The predicted octanol–water partition coefficient (Wildman–Crippen LogP) is 5.34. The molecule has 13 heteroatoms. The van der Waals surface area contributed by atoms with Gasteiger partial charge in [0, 0.05) is 23.3 Å². The maximum Gasteiger partial charge on any atom is 0.416 e. The standard InChI is InChI=1S/C20H15F4N5O2S2/c1-12-9-18(29(27-12)15-4-2-3-13(10-15)20(22,23)24)26-14-5-6-17(16(21)11-14)33(30,31)28-19-25-7-8-32-19/h2-11,26H,1H3,(H,25,28). The van der Waals surface area contributed by atoms with Gasteiger partial charge in [0.2, 0.25) is 0 Å². The number of sulfonamides is 1. The highest BCUT2D eigenvalue weighted by molar-refractivity contribution is 7.93. The molecule has 0 saturated heterocycles. The van der Waals surface area contributed by atoms with Gasteiger partial charge in [-0.2, -0.15) is 18.3 Å². The molecule has 2 aromatic carbocycles. The smallest absolute Gasteiger partial charge is 0.340 e. The predicted molar refractivity (Wildman–Crippen MR) is 116 cm³/mol. The zero-order valence-corrected chi connectivity index (χ0v) is 18.4. The van der Waals surface area contributed by atoms with Crippen LogP contribution in [-0.4, -0.2) is 23.2 Å². The zero-order chi connectivity index (χ0) is 23.8. The number of aryl methyl sites for hydroxylation is 1. The first-order valence-electron chi connectivity index (χ1n) is 9.26. The van der Waals surface area contributed by atoms with Crippen molar-refractivity contribution in [1.29, 1.82) is 0 Å². The van der Waals surface area contributed by atoms with Crippen molar-refractivity contribution in [1.82, 2.24) is 14.8 Å². The molecular formula is C20H15F4N5O2S2. The molecule has 0 atom stereocenters. The fourth-order valence-electron chi connectivity index (χ4n) is 2.99. The number of aromatic nitrogens is 3. The van der Waals surface area contributed by atoms with Crippen LogP contribution in [0, 0.1) is 12.7 Å². The summed E-state index contributed by atoms with van der Waals surface area (Å²) in [4.78, 5) is 3.23. The molecule has 0 radical (unpaired) electrons. The van der Waals surface area contributed by atoms with Crippen molar-refractivity contribution in [3.63, 3.8) is 0 Å². The summed E-state index contributed by atoms with van der Waals surface area (Å²) >= 11 is 1.04. The topological polar surface area (TPSA) is 88.9 Å². The highest BCUT2D eigenvalue weighted by Crippen LogP contribution is 2.32. The van der Waals surface area contributed by atoms with E-state index in [9.17, 15) is 26.0 Å². The zero-order valence-electron chi connectivity index (χ0n) is 16.8. The summed E-state index contributed by atoms with van der Waals surface area (Å²) in [7, 11) is -4.20. The second-order valence-electron chi connectivity index (χ2n) is 6.84. The first kappa shape index (κ1) is 22.7. The van der Waals surface area contributed by atoms with Gasteiger partial charge in [0.05, 0.1) is 16.9 Å². The quantitative estimate of drug-likeness (QED) is 0.351. The van der Waals surface area contributed by atoms with Crippen LogP contribution in [0.5, 0.6) is 0 Å². The Labute approximate surface area is 189 Å². The lowest BCUT2D eigenvalue weighted by Gasteiger charge is -2.13. The molecule has 4 rings (SSSR count). The van der Waals surface area contributed by atoms with Crippen LogP contribution < -0.4 is 10.0 Å². The normalized spacial score (nSPS) is 12.0. The van der Waals surface area contributed by atoms with E-state index in [1.165, 1.54) is 29.1 Å². The maximum atomic E-state index is 14.7. The minimum Gasteiger partial charge on any atom is -0.340 e. The van der Waals surface area contributed by atoms with Gasteiger partial charge >= 0.3 is 6.18 Å². The third-order valence-corrected chi connectivity index (χ3v) is 6.59. The van der Waals surface area contributed by atoms with Crippen LogP contribution in [0.25, 0.3) is 5.69 Å². The van der Waals surface area contributed by atoms with Crippen LogP contribution in [0.3, 0.4) is 0 Å². The van der Waals surface area contributed by atoms with Gasteiger partial charge in [0.1, 0.15) is 16.5 Å². The molecule has 0 spiro atoms. The van der Waals surface area contributed by atoms with E-state index in [-0.39, 0.29) is 22.3 Å². The number of alkyl halides is 3. The Kier molecular flexibility index (Phi) is 5.84. The van der Waals surface area contributed by atoms with E-state index < -0.39 is 32.5 Å². The summed E-state index contributed by atoms with van der Waals surface area (Å²) in [5, 5.41) is 8.73. The van der Waals surface area contributed by atoms with E-state index in [4.69, 9.17) is 0 Å². The molecule has 0 amide bonds. The highest BCUT2D eigenvalue weighted by atomic mass is 32.2. The van der Waals surface area contributed by atoms with Gasteiger partial charge in [-0.1, -0.05) is 6.07 Å². The third kappa shape index (κ3) is 4.98. The Morgan fingerprint density at radius 3 is 2.55 bits per heavy atom. The average Bonchev–Trinajstić information content (AvgIpc) is 3.36. The summed E-state index contributed by atoms with van der Waals surface area (Å²) in [6.07, 6.45) is -3.12. The van der Waals surface area contributed by atoms with E-state index >= 15 is 0 Å². The first-order chi connectivity index (χ1) is 15.5. The number of rotatable bonds is 6. The number of halogens is 4. The van der Waals surface area contributed by atoms with Crippen molar-refractivity contribution < 1.29 is 26.0 Å². The second kappa shape index (κ2) is 8.48. The van der Waals surface area contributed by atoms with Gasteiger partial charge in [0.15, 0.2) is 5.13 Å². The number of nitrogens with one attached hydrogen (secondary N) is 2. The van der Waals surface area contributed by atoms with Gasteiger partial charge in [-0.15, -0.1) is 11.3 Å². The number of benzene rings is 2. The van der Waals surface area contributed by atoms with Crippen molar-refractivity contribution in [2.75, 3.05) is 10.0 Å². The van der Waals surface area contributed by atoms with Crippen LogP contribution in [-0.2, 0) is 16.2 Å². The Morgan fingerprint density at radius 2 is 1.88 bits per heavy atom. The number of thiazole rings is 1. The first-order valence-corrected chi connectivity index (χ1v) is 11.6. The summed E-state index contributed by atoms with van der Waals surface area (Å²) in [6.45, 7) is 1.65. The van der Waals surface area contributed by atoms with Gasteiger partial charge in [-0.25, -0.2) is 22.5 Å². The monoisotopic (exact) mass is 497 g/mol. The fraction of sp³-hybridized carbons (Fsp3) is 0.100. The molecule has 2 heterocycles. The van der Waals surface area contributed by atoms with E-state index in [2.05, 4.69) is 20.1 Å². The van der Waals surface area contributed by atoms with E-state index in [0.29, 0.717) is 5.69 Å². The molecule has 0 fully saturated rings. The lowest BCUT2D eigenvalue weighted by atomic mass is 10.2. The molecule has 2 N–H and O–H groups in total. The van der Waals surface area contributed by atoms with Crippen molar-refractivity contribution in [3.8, 4) is 5.69 Å². The van der Waals surface area contributed by atoms with Crippen LogP contribution in [0.1, 0.15) is 11.3 Å². The molecule has 0 unspecified atom stereocenters. The minimum absolute atomic E-state index is 0.0945. The van der Waals surface area contributed by atoms with E-state index in [1.54, 1.807) is 18.4 Å². The lowest BCUT2D eigenvalue weighted by Crippen LogP contribution is -2.14. The third-order valence-electron chi connectivity index (χ3n) is 4.40. The number of anilines is 3. The molecule has 0 aliphatic heterocycles. The molecule has 172 valence electrons. The number of hydrogen-bond donors (Lipinski definition) is 2. The van der Waals surface area contributed by atoms with Crippen LogP contribution in [0.4, 0.5) is 34.2 Å². The van der Waals surface area contributed by atoms with Crippen molar-refractivity contribution in [2.45, 2.75) is 18.0 Å². The molecule has 0 aliphatic carbocycles. The van der Waals surface area contributed by atoms with Crippen molar-refractivity contribution >= 4 is 38.0 Å². The van der Waals surface area contributed by atoms with E-state index in [0.717, 1.165) is 35.6 Å². The fourth-order valence-corrected chi connectivity index (χ4v) is 4.84. The molecule has 4 aromatic rings. The average molecular weight is 497 g/mol. The Morgan fingerprint density at radius 1 is 1.09 bits per heavy atom. The van der Waals surface area contributed by atoms with Gasteiger partial charge < -0.3 is 5.32 Å².